The first-order valence-corrected chi connectivity index (χ1v) is 9.68. The SMILES string of the molecule is CCN(C(=O)CCC(C)=NOCC1CC1(F)F)c1cn(-c2cccnc2)nc1Cl. The maximum atomic E-state index is 12.8. The van der Waals surface area contributed by atoms with Crippen molar-refractivity contribution >= 4 is 28.9 Å². The molecular weight excluding hydrogens is 404 g/mol. The number of alkyl halides is 2. The van der Waals surface area contributed by atoms with E-state index in [1.165, 1.54) is 0 Å². The second-order valence-corrected chi connectivity index (χ2v) is 7.24. The number of hydrogen-bond acceptors (Lipinski definition) is 5. The van der Waals surface area contributed by atoms with Crippen LogP contribution in [-0.4, -0.2) is 45.5 Å². The number of aromatic nitrogens is 3. The lowest BCUT2D eigenvalue weighted by Gasteiger charge is -2.19. The molecule has 1 atom stereocenters. The third-order valence-corrected chi connectivity index (χ3v) is 4.89. The lowest BCUT2D eigenvalue weighted by molar-refractivity contribution is -0.118. The Balaban J connectivity index is 1.57. The molecule has 2 aromatic heterocycles. The smallest absolute Gasteiger partial charge is 0.255 e. The van der Waals surface area contributed by atoms with Crippen LogP contribution in [0.5, 0.6) is 0 Å². The molecular formula is C19H22ClF2N5O2. The van der Waals surface area contributed by atoms with E-state index >= 15 is 0 Å². The van der Waals surface area contributed by atoms with Crippen molar-refractivity contribution in [1.29, 1.82) is 0 Å². The fourth-order valence-corrected chi connectivity index (χ4v) is 3.02. The van der Waals surface area contributed by atoms with Crippen LogP contribution in [0.4, 0.5) is 14.5 Å². The second kappa shape index (κ2) is 8.86. The number of hydrogen-bond donors (Lipinski definition) is 0. The van der Waals surface area contributed by atoms with Gasteiger partial charge >= 0.3 is 0 Å². The third kappa shape index (κ3) is 5.29. The molecule has 3 rings (SSSR count). The molecule has 156 valence electrons. The van der Waals surface area contributed by atoms with E-state index in [-0.39, 0.29) is 30.5 Å². The van der Waals surface area contributed by atoms with E-state index < -0.39 is 11.8 Å². The van der Waals surface area contributed by atoms with Crippen LogP contribution in [0.2, 0.25) is 5.15 Å². The minimum atomic E-state index is -2.62. The van der Waals surface area contributed by atoms with Gasteiger partial charge in [-0.05, 0) is 32.4 Å². The topological polar surface area (TPSA) is 72.6 Å². The first-order chi connectivity index (χ1) is 13.8. The standard InChI is InChI=1S/C19H22ClF2N5O2/c1-3-26(16-11-27(24-18(16)20)15-5-4-8-23-10-15)17(28)7-6-13(2)25-29-12-14-9-19(14,21)22/h4-5,8,10-11,14H,3,6-7,9,12H2,1-2H3. The summed E-state index contributed by atoms with van der Waals surface area (Å²) in [6.45, 7) is 3.85. The van der Waals surface area contributed by atoms with Crippen molar-refractivity contribution in [2.24, 2.45) is 11.1 Å². The van der Waals surface area contributed by atoms with Crippen molar-refractivity contribution in [2.75, 3.05) is 18.1 Å². The first kappa shape index (κ1) is 21.2. The second-order valence-electron chi connectivity index (χ2n) is 6.88. The Morgan fingerprint density at radius 3 is 2.86 bits per heavy atom. The molecule has 0 bridgehead atoms. The van der Waals surface area contributed by atoms with Gasteiger partial charge in [0.05, 0.1) is 29.7 Å². The molecule has 1 fully saturated rings. The number of carbonyl (C=O) groups is 1. The molecule has 7 nitrogen and oxygen atoms in total. The van der Waals surface area contributed by atoms with Gasteiger partial charge in [0.25, 0.3) is 5.92 Å². The molecule has 29 heavy (non-hydrogen) atoms. The van der Waals surface area contributed by atoms with Gasteiger partial charge in [-0.1, -0.05) is 16.8 Å². The number of halogens is 3. The highest BCUT2D eigenvalue weighted by molar-refractivity contribution is 6.32. The Morgan fingerprint density at radius 1 is 1.48 bits per heavy atom. The van der Waals surface area contributed by atoms with Gasteiger partial charge in [-0.3, -0.25) is 9.78 Å². The maximum absolute atomic E-state index is 12.8. The van der Waals surface area contributed by atoms with Gasteiger partial charge in [0.2, 0.25) is 5.91 Å². The van der Waals surface area contributed by atoms with E-state index in [2.05, 4.69) is 15.2 Å². The zero-order chi connectivity index (χ0) is 21.0. The van der Waals surface area contributed by atoms with Gasteiger partial charge in [-0.15, -0.1) is 0 Å². The van der Waals surface area contributed by atoms with Crippen molar-refractivity contribution in [1.82, 2.24) is 14.8 Å². The number of rotatable bonds is 9. The van der Waals surface area contributed by atoms with Gasteiger partial charge < -0.3 is 9.74 Å². The Kier molecular flexibility index (Phi) is 6.46. The highest BCUT2D eigenvalue weighted by Gasteiger charge is 2.57. The summed E-state index contributed by atoms with van der Waals surface area (Å²) in [5.74, 6) is -3.53. The molecule has 1 aliphatic carbocycles. The first-order valence-electron chi connectivity index (χ1n) is 9.31. The minimum Gasteiger partial charge on any atom is -0.395 e. The predicted molar refractivity (Wildman–Crippen MR) is 106 cm³/mol. The highest BCUT2D eigenvalue weighted by atomic mass is 35.5. The molecule has 1 unspecified atom stereocenters. The average molecular weight is 426 g/mol. The number of nitrogens with zero attached hydrogens (tertiary/aromatic N) is 5. The van der Waals surface area contributed by atoms with Crippen LogP contribution in [0.15, 0.2) is 35.9 Å². The highest BCUT2D eigenvalue weighted by Crippen LogP contribution is 2.48. The van der Waals surface area contributed by atoms with Crippen LogP contribution in [0, 0.1) is 5.92 Å². The van der Waals surface area contributed by atoms with Gasteiger partial charge in [0.15, 0.2) is 5.15 Å². The number of pyridine rings is 1. The maximum Gasteiger partial charge on any atom is 0.255 e. The fraction of sp³-hybridized carbons (Fsp3) is 0.474. The molecule has 0 spiro atoms. The summed E-state index contributed by atoms with van der Waals surface area (Å²) >= 11 is 6.25. The van der Waals surface area contributed by atoms with E-state index in [9.17, 15) is 13.6 Å². The van der Waals surface area contributed by atoms with Gasteiger partial charge in [0, 0.05) is 25.6 Å². The van der Waals surface area contributed by atoms with E-state index in [4.69, 9.17) is 16.4 Å². The van der Waals surface area contributed by atoms with Crippen LogP contribution in [0.3, 0.4) is 0 Å². The van der Waals surface area contributed by atoms with Crippen molar-refractivity contribution in [2.45, 2.75) is 39.0 Å². The summed E-state index contributed by atoms with van der Waals surface area (Å²) in [6, 6.07) is 3.61. The minimum absolute atomic E-state index is 0.109. The van der Waals surface area contributed by atoms with Gasteiger partial charge in [0.1, 0.15) is 12.3 Å². The van der Waals surface area contributed by atoms with Gasteiger partial charge in [-0.2, -0.15) is 5.10 Å². The van der Waals surface area contributed by atoms with Crippen molar-refractivity contribution in [3.05, 3.63) is 35.9 Å². The van der Waals surface area contributed by atoms with E-state index in [0.717, 1.165) is 5.69 Å². The molecule has 0 aliphatic heterocycles. The zero-order valence-electron chi connectivity index (χ0n) is 16.2. The van der Waals surface area contributed by atoms with Crippen LogP contribution in [0.25, 0.3) is 5.69 Å². The Hall–Kier alpha value is -2.55. The van der Waals surface area contributed by atoms with E-state index in [0.29, 0.717) is 24.4 Å². The molecule has 0 saturated heterocycles. The van der Waals surface area contributed by atoms with E-state index in [1.54, 1.807) is 41.2 Å². The largest absolute Gasteiger partial charge is 0.395 e. The predicted octanol–water partition coefficient (Wildman–Crippen LogP) is 4.10. The lowest BCUT2D eigenvalue weighted by atomic mass is 10.2. The summed E-state index contributed by atoms with van der Waals surface area (Å²) in [5.41, 5.74) is 1.80. The van der Waals surface area contributed by atoms with Gasteiger partial charge in [-0.25, -0.2) is 13.5 Å². The average Bonchev–Trinajstić information content (AvgIpc) is 3.13. The van der Waals surface area contributed by atoms with Crippen LogP contribution < -0.4 is 4.90 Å². The Morgan fingerprint density at radius 2 is 2.24 bits per heavy atom. The zero-order valence-corrected chi connectivity index (χ0v) is 16.9. The summed E-state index contributed by atoms with van der Waals surface area (Å²) in [5, 5.41) is 8.28. The summed E-state index contributed by atoms with van der Waals surface area (Å²) in [6.07, 6.45) is 5.36. The molecule has 1 amide bonds. The molecule has 0 aromatic carbocycles. The van der Waals surface area contributed by atoms with Crippen molar-refractivity contribution in [3.8, 4) is 5.69 Å². The molecule has 0 radical (unpaired) electrons. The van der Waals surface area contributed by atoms with Crippen molar-refractivity contribution < 1.29 is 18.4 Å². The number of anilines is 1. The number of amides is 1. The molecule has 1 aliphatic rings. The lowest BCUT2D eigenvalue weighted by Crippen LogP contribution is -2.30. The Bertz CT molecular complexity index is 888. The number of oxime groups is 1. The molecule has 2 heterocycles. The number of carbonyl (C=O) groups excluding carboxylic acids is 1. The molecule has 0 N–H and O–H groups in total. The quantitative estimate of drug-likeness (QED) is 0.448. The Labute approximate surface area is 172 Å². The summed E-state index contributed by atoms with van der Waals surface area (Å²) in [4.78, 5) is 23.2. The van der Waals surface area contributed by atoms with E-state index in [1.807, 2.05) is 13.0 Å². The molecule has 1 saturated carbocycles. The third-order valence-electron chi connectivity index (χ3n) is 4.62. The summed E-state index contributed by atoms with van der Waals surface area (Å²) in [7, 11) is 0. The molecule has 10 heteroatoms. The van der Waals surface area contributed by atoms with Crippen LogP contribution >= 0.6 is 11.6 Å². The summed E-state index contributed by atoms with van der Waals surface area (Å²) < 4.78 is 27.2. The van der Waals surface area contributed by atoms with Crippen LogP contribution in [-0.2, 0) is 9.63 Å². The van der Waals surface area contributed by atoms with Crippen LogP contribution in [0.1, 0.15) is 33.1 Å². The monoisotopic (exact) mass is 425 g/mol. The van der Waals surface area contributed by atoms with Crippen molar-refractivity contribution in [3.63, 3.8) is 0 Å². The normalized spacial score (nSPS) is 17.8. The molecule has 2 aromatic rings. The fourth-order valence-electron chi connectivity index (χ4n) is 2.78.